The lowest BCUT2D eigenvalue weighted by molar-refractivity contribution is -0.117. The molecule has 0 aliphatic heterocycles. The van der Waals surface area contributed by atoms with E-state index in [0.717, 1.165) is 31.2 Å². The molecule has 0 aromatic heterocycles. The molecule has 0 bridgehead atoms. The maximum absolute atomic E-state index is 12.0. The van der Waals surface area contributed by atoms with Gasteiger partial charge in [-0.1, -0.05) is 101 Å². The zero-order valence-corrected chi connectivity index (χ0v) is 20.2. The summed E-state index contributed by atoms with van der Waals surface area (Å²) < 4.78 is 0. The van der Waals surface area contributed by atoms with Crippen LogP contribution in [0.15, 0.2) is 30.3 Å². The van der Waals surface area contributed by atoms with Crippen LogP contribution in [0.5, 0.6) is 0 Å². The summed E-state index contributed by atoms with van der Waals surface area (Å²) in [7, 11) is 0. The quantitative estimate of drug-likeness (QED) is 0.119. The molecule has 1 rings (SSSR count). The van der Waals surface area contributed by atoms with Crippen LogP contribution in [0.2, 0.25) is 0 Å². The van der Waals surface area contributed by atoms with Crippen LogP contribution < -0.4 is 0 Å². The molecule has 0 amide bonds. The molecule has 0 saturated carbocycles. The monoisotopic (exact) mass is 454 g/mol. The number of carbonyl (C=O) groups is 2. The third kappa shape index (κ3) is 14.2. The van der Waals surface area contributed by atoms with E-state index in [1.54, 1.807) is 6.92 Å². The Morgan fingerprint density at radius 1 is 0.700 bits per heavy atom. The number of rotatable bonds is 19. The summed E-state index contributed by atoms with van der Waals surface area (Å²) in [6.07, 6.45) is 16.8. The largest absolute Gasteiger partial charge is 0.300 e. The van der Waals surface area contributed by atoms with Gasteiger partial charge in [0.15, 0.2) is 5.78 Å². The minimum absolute atomic E-state index is 0.0907. The van der Waals surface area contributed by atoms with Crippen molar-refractivity contribution in [2.45, 2.75) is 114 Å². The second-order valence-electron chi connectivity index (χ2n) is 8.51. The lowest BCUT2D eigenvalue weighted by Crippen LogP contribution is -2.17. The molecule has 1 aromatic rings. The third-order valence-corrected chi connectivity index (χ3v) is 6.71. The van der Waals surface area contributed by atoms with E-state index in [4.69, 9.17) is 23.2 Å². The molecule has 0 heterocycles. The van der Waals surface area contributed by atoms with E-state index in [2.05, 4.69) is 0 Å². The second kappa shape index (κ2) is 17.8. The van der Waals surface area contributed by atoms with Gasteiger partial charge in [-0.3, -0.25) is 9.59 Å². The van der Waals surface area contributed by atoms with Gasteiger partial charge in [-0.05, 0) is 19.8 Å². The van der Waals surface area contributed by atoms with Gasteiger partial charge in [0.25, 0.3) is 0 Å². The molecule has 2 nitrogen and oxygen atoms in total. The Balaban J connectivity index is 1.82. The first-order valence-electron chi connectivity index (χ1n) is 11.9. The van der Waals surface area contributed by atoms with Gasteiger partial charge in [0.1, 0.15) is 5.78 Å². The van der Waals surface area contributed by atoms with Crippen molar-refractivity contribution in [3.8, 4) is 0 Å². The van der Waals surface area contributed by atoms with E-state index in [1.165, 1.54) is 57.8 Å². The standard InChI is InChI=1S/C26H40Cl2O2/c1-22(29)21-25(28)24(27)19-15-10-8-6-4-2-3-5-7-9-11-16-20-26(30)23-17-13-12-14-18-23/h12-14,17-18,24-25H,2-11,15-16,19-21H2,1H3. The van der Waals surface area contributed by atoms with Crippen molar-refractivity contribution in [1.29, 1.82) is 0 Å². The van der Waals surface area contributed by atoms with Crippen molar-refractivity contribution >= 4 is 34.8 Å². The Labute approximate surface area is 194 Å². The van der Waals surface area contributed by atoms with Crippen LogP contribution in [0, 0.1) is 0 Å². The normalized spacial score (nSPS) is 13.2. The number of hydrogen-bond donors (Lipinski definition) is 0. The summed E-state index contributed by atoms with van der Waals surface area (Å²) in [5.74, 6) is 0.384. The van der Waals surface area contributed by atoms with Gasteiger partial charge in [-0.15, -0.1) is 23.2 Å². The first-order valence-corrected chi connectivity index (χ1v) is 12.7. The SMILES string of the molecule is CC(=O)CC(Cl)C(Cl)CCCCCCCCCCCCCCC(=O)c1ccccc1. The summed E-state index contributed by atoms with van der Waals surface area (Å²) in [4.78, 5) is 23.1. The Hall–Kier alpha value is -0.860. The van der Waals surface area contributed by atoms with Crippen molar-refractivity contribution in [2.24, 2.45) is 0 Å². The number of halogens is 2. The molecular weight excluding hydrogens is 415 g/mol. The molecule has 0 saturated heterocycles. The first kappa shape index (κ1) is 27.2. The van der Waals surface area contributed by atoms with E-state index < -0.39 is 0 Å². The number of benzene rings is 1. The highest BCUT2D eigenvalue weighted by molar-refractivity contribution is 6.30. The molecule has 0 aliphatic carbocycles. The predicted molar refractivity (Wildman–Crippen MR) is 130 cm³/mol. The van der Waals surface area contributed by atoms with Gasteiger partial charge in [0, 0.05) is 18.4 Å². The smallest absolute Gasteiger partial charge is 0.162 e. The number of hydrogen-bond acceptors (Lipinski definition) is 2. The molecule has 4 heteroatoms. The third-order valence-electron chi connectivity index (χ3n) is 5.60. The van der Waals surface area contributed by atoms with Gasteiger partial charge in [0.2, 0.25) is 0 Å². The Bertz CT molecular complexity index is 574. The van der Waals surface area contributed by atoms with E-state index in [0.29, 0.717) is 12.8 Å². The number of unbranched alkanes of at least 4 members (excludes halogenated alkanes) is 11. The zero-order valence-electron chi connectivity index (χ0n) is 18.7. The number of Topliss-reactive ketones (excluding diaryl/α,β-unsaturated/α-hetero) is 2. The van der Waals surface area contributed by atoms with Crippen LogP contribution in [0.25, 0.3) is 0 Å². The highest BCUT2D eigenvalue weighted by Gasteiger charge is 2.17. The molecule has 0 spiro atoms. The van der Waals surface area contributed by atoms with Gasteiger partial charge in [-0.25, -0.2) is 0 Å². The highest BCUT2D eigenvalue weighted by atomic mass is 35.5. The van der Waals surface area contributed by atoms with Crippen molar-refractivity contribution in [2.75, 3.05) is 0 Å². The maximum Gasteiger partial charge on any atom is 0.162 e. The summed E-state index contributed by atoms with van der Waals surface area (Å²) in [6.45, 7) is 1.56. The fraction of sp³-hybridized carbons (Fsp3) is 0.692. The molecule has 170 valence electrons. The van der Waals surface area contributed by atoms with Crippen molar-refractivity contribution < 1.29 is 9.59 Å². The molecule has 1 aromatic carbocycles. The maximum atomic E-state index is 12.0. The number of alkyl halides is 2. The Kier molecular flexibility index (Phi) is 16.1. The Morgan fingerprint density at radius 3 is 1.67 bits per heavy atom. The van der Waals surface area contributed by atoms with Gasteiger partial charge in [0.05, 0.1) is 10.8 Å². The molecular formula is C26H40Cl2O2. The van der Waals surface area contributed by atoms with Crippen molar-refractivity contribution in [1.82, 2.24) is 0 Å². The molecule has 0 radical (unpaired) electrons. The molecule has 0 fully saturated rings. The summed E-state index contributed by atoms with van der Waals surface area (Å²) in [5.41, 5.74) is 0.844. The van der Waals surface area contributed by atoms with Crippen LogP contribution in [-0.2, 0) is 4.79 Å². The van der Waals surface area contributed by atoms with Crippen molar-refractivity contribution in [3.05, 3.63) is 35.9 Å². The second-order valence-corrected chi connectivity index (χ2v) is 9.63. The van der Waals surface area contributed by atoms with Gasteiger partial charge >= 0.3 is 0 Å². The van der Waals surface area contributed by atoms with E-state index in [-0.39, 0.29) is 22.3 Å². The molecule has 30 heavy (non-hydrogen) atoms. The van der Waals surface area contributed by atoms with Crippen LogP contribution in [0.3, 0.4) is 0 Å². The predicted octanol–water partition coefficient (Wildman–Crippen LogP) is 8.52. The molecule has 0 aliphatic rings. The number of ketones is 2. The number of carbonyl (C=O) groups excluding carboxylic acids is 2. The van der Waals surface area contributed by atoms with Crippen LogP contribution in [0.1, 0.15) is 114 Å². The molecule has 0 N–H and O–H groups in total. The highest BCUT2D eigenvalue weighted by Crippen LogP contribution is 2.21. The fourth-order valence-electron chi connectivity index (χ4n) is 3.74. The summed E-state index contributed by atoms with van der Waals surface area (Å²) in [5, 5.41) is -0.319. The average Bonchev–Trinajstić information content (AvgIpc) is 2.73. The van der Waals surface area contributed by atoms with Gasteiger partial charge in [-0.2, -0.15) is 0 Å². The van der Waals surface area contributed by atoms with E-state index in [9.17, 15) is 9.59 Å². The molecule has 2 unspecified atom stereocenters. The summed E-state index contributed by atoms with van der Waals surface area (Å²) >= 11 is 12.4. The average molecular weight is 456 g/mol. The zero-order chi connectivity index (χ0) is 22.0. The minimum atomic E-state index is -0.228. The van der Waals surface area contributed by atoms with E-state index >= 15 is 0 Å². The van der Waals surface area contributed by atoms with E-state index in [1.807, 2.05) is 30.3 Å². The Morgan fingerprint density at radius 2 is 1.17 bits per heavy atom. The van der Waals surface area contributed by atoms with Crippen LogP contribution >= 0.6 is 23.2 Å². The topological polar surface area (TPSA) is 34.1 Å². The van der Waals surface area contributed by atoms with Crippen LogP contribution in [0.4, 0.5) is 0 Å². The van der Waals surface area contributed by atoms with Crippen LogP contribution in [-0.4, -0.2) is 22.3 Å². The first-order chi connectivity index (χ1) is 14.5. The summed E-state index contributed by atoms with van der Waals surface area (Å²) in [6, 6.07) is 9.61. The van der Waals surface area contributed by atoms with Crippen molar-refractivity contribution in [3.63, 3.8) is 0 Å². The minimum Gasteiger partial charge on any atom is -0.300 e. The lowest BCUT2D eigenvalue weighted by atomic mass is 10.0. The lowest BCUT2D eigenvalue weighted by Gasteiger charge is -2.14. The molecule has 2 atom stereocenters. The fourth-order valence-corrected chi connectivity index (χ4v) is 4.33. The van der Waals surface area contributed by atoms with Gasteiger partial charge < -0.3 is 0 Å².